The van der Waals surface area contributed by atoms with Crippen LogP contribution in [0, 0.1) is 33.5 Å². The molecule has 35 heavy (non-hydrogen) atoms. The van der Waals surface area contributed by atoms with Gasteiger partial charge in [0, 0.05) is 40.2 Å². The molecule has 0 unspecified atom stereocenters. The number of esters is 2. The zero-order valence-corrected chi connectivity index (χ0v) is 21.3. The summed E-state index contributed by atoms with van der Waals surface area (Å²) in [6.45, 7) is 12.0. The lowest BCUT2D eigenvalue weighted by Crippen LogP contribution is -2.68. The van der Waals surface area contributed by atoms with E-state index in [0.717, 1.165) is 24.0 Å². The van der Waals surface area contributed by atoms with Gasteiger partial charge in [0.2, 0.25) is 0 Å². The van der Waals surface area contributed by atoms with Gasteiger partial charge in [0.15, 0.2) is 5.78 Å². The van der Waals surface area contributed by atoms with Gasteiger partial charge in [-0.2, -0.15) is 0 Å². The van der Waals surface area contributed by atoms with Crippen LogP contribution in [0.25, 0.3) is 0 Å². The van der Waals surface area contributed by atoms with Crippen LogP contribution >= 0.6 is 0 Å². The first-order valence-corrected chi connectivity index (χ1v) is 12.7. The van der Waals surface area contributed by atoms with E-state index in [2.05, 4.69) is 20.8 Å². The zero-order chi connectivity index (χ0) is 25.1. The molecule has 7 heteroatoms. The van der Waals surface area contributed by atoms with Crippen LogP contribution in [-0.4, -0.2) is 36.0 Å². The minimum Gasteiger partial charge on any atom is -0.472 e. The van der Waals surface area contributed by atoms with E-state index in [1.54, 1.807) is 18.6 Å². The molecule has 1 aromatic heterocycles. The van der Waals surface area contributed by atoms with Crippen LogP contribution in [-0.2, 0) is 28.6 Å². The number of hydrogen-bond acceptors (Lipinski definition) is 7. The third-order valence-corrected chi connectivity index (χ3v) is 10.6. The second kappa shape index (κ2) is 6.87. The van der Waals surface area contributed by atoms with Crippen LogP contribution in [0.2, 0.25) is 0 Å². The first-order valence-electron chi connectivity index (χ1n) is 12.7. The maximum absolute atomic E-state index is 13.2. The fourth-order valence-corrected chi connectivity index (χ4v) is 9.01. The van der Waals surface area contributed by atoms with E-state index < -0.39 is 28.5 Å². The van der Waals surface area contributed by atoms with Gasteiger partial charge < -0.3 is 18.6 Å². The van der Waals surface area contributed by atoms with Crippen LogP contribution in [0.5, 0.6) is 0 Å². The number of rotatable bonds is 2. The number of ketones is 1. The minimum absolute atomic E-state index is 0.00107. The first-order chi connectivity index (χ1) is 16.4. The monoisotopic (exact) mass is 482 g/mol. The van der Waals surface area contributed by atoms with Crippen molar-refractivity contribution < 1.29 is 33.0 Å². The standard InChI is InChI=1S/C28H34O7/c1-14(29)33-19-11-17-25(2,3)22(31)21-24(35-21)28(17,6)16-7-9-26(4)18(27(16,19)5)12-20(30)34-23(26)15-8-10-32-13-15/h8,10,12-13,16-17,19,21,23-24H,7,9,11H2,1-6H3/t16-,17-,19-,21+,23+,24-,26+,27+,28+/m0/s1. The summed E-state index contributed by atoms with van der Waals surface area (Å²) < 4.78 is 23.4. The third-order valence-electron chi connectivity index (χ3n) is 10.6. The van der Waals surface area contributed by atoms with Crippen molar-refractivity contribution in [3.8, 4) is 0 Å². The lowest BCUT2D eigenvalue weighted by Gasteiger charge is -2.67. The molecule has 0 radical (unpaired) electrons. The Bertz CT molecular complexity index is 1150. The number of cyclic esters (lactones) is 1. The van der Waals surface area contributed by atoms with Crippen molar-refractivity contribution in [1.82, 2.24) is 0 Å². The Morgan fingerprint density at radius 1 is 1.11 bits per heavy atom. The first kappa shape index (κ1) is 23.0. The fourth-order valence-electron chi connectivity index (χ4n) is 9.01. The van der Waals surface area contributed by atoms with Crippen molar-refractivity contribution in [2.75, 3.05) is 0 Å². The van der Waals surface area contributed by atoms with Gasteiger partial charge >= 0.3 is 11.9 Å². The van der Waals surface area contributed by atoms with Crippen LogP contribution < -0.4 is 0 Å². The molecule has 1 saturated heterocycles. The topological polar surface area (TPSA) is 95.3 Å². The molecule has 2 aliphatic heterocycles. The smallest absolute Gasteiger partial charge is 0.331 e. The quantitative estimate of drug-likeness (QED) is 0.450. The Balaban J connectivity index is 1.53. The molecule has 5 aliphatic rings. The molecule has 3 aliphatic carbocycles. The number of ether oxygens (including phenoxy) is 3. The summed E-state index contributed by atoms with van der Waals surface area (Å²) in [6.07, 6.45) is 5.62. The highest BCUT2D eigenvalue weighted by molar-refractivity contribution is 5.93. The predicted molar refractivity (Wildman–Crippen MR) is 124 cm³/mol. The molecule has 0 bridgehead atoms. The zero-order valence-electron chi connectivity index (χ0n) is 21.3. The van der Waals surface area contributed by atoms with Gasteiger partial charge in [-0.1, -0.05) is 34.6 Å². The molecule has 9 atom stereocenters. The largest absolute Gasteiger partial charge is 0.472 e. The van der Waals surface area contributed by atoms with E-state index >= 15 is 0 Å². The average Bonchev–Trinajstić information content (AvgIpc) is 3.41. The summed E-state index contributed by atoms with van der Waals surface area (Å²) in [5, 5.41) is 0. The molecule has 4 fully saturated rings. The van der Waals surface area contributed by atoms with Crippen LogP contribution in [0.15, 0.2) is 34.7 Å². The Hall–Kier alpha value is -2.41. The SMILES string of the molecule is CC(=O)O[C@H]1C[C@H]2C(C)(C)C(=O)[C@H]3O[C@@H]3[C@]2(C)[C@H]2CC[C@]3(C)C(=CC(=O)O[C@@H]3c3ccoc3)[C@]12C. The summed E-state index contributed by atoms with van der Waals surface area (Å²) in [6, 6.07) is 1.85. The normalized spacial score (nSPS) is 47.3. The molecule has 0 amide bonds. The minimum atomic E-state index is -0.613. The van der Waals surface area contributed by atoms with Gasteiger partial charge in [0.05, 0.1) is 18.6 Å². The van der Waals surface area contributed by atoms with Crippen molar-refractivity contribution in [2.24, 2.45) is 33.5 Å². The van der Waals surface area contributed by atoms with Crippen molar-refractivity contribution in [3.05, 3.63) is 35.8 Å². The Kier molecular flexibility index (Phi) is 4.52. The van der Waals surface area contributed by atoms with E-state index in [1.165, 1.54) is 6.92 Å². The molecule has 6 rings (SSSR count). The van der Waals surface area contributed by atoms with Gasteiger partial charge in [0.25, 0.3) is 0 Å². The molecule has 0 N–H and O–H groups in total. The van der Waals surface area contributed by atoms with E-state index in [-0.39, 0.29) is 47.2 Å². The number of fused-ring (bicyclic) bond motifs is 7. The molecule has 1 aromatic rings. The lowest BCUT2D eigenvalue weighted by atomic mass is 9.37. The lowest BCUT2D eigenvalue weighted by molar-refractivity contribution is -0.209. The maximum Gasteiger partial charge on any atom is 0.331 e. The highest BCUT2D eigenvalue weighted by atomic mass is 16.6. The molecular formula is C28H34O7. The van der Waals surface area contributed by atoms with Crippen LogP contribution in [0.1, 0.15) is 72.5 Å². The summed E-state index contributed by atoms with van der Waals surface area (Å²) in [7, 11) is 0. The van der Waals surface area contributed by atoms with Gasteiger partial charge in [-0.15, -0.1) is 0 Å². The van der Waals surface area contributed by atoms with E-state index in [1.807, 2.05) is 19.9 Å². The van der Waals surface area contributed by atoms with E-state index in [4.69, 9.17) is 18.6 Å². The van der Waals surface area contributed by atoms with Crippen LogP contribution in [0.3, 0.4) is 0 Å². The summed E-state index contributed by atoms with van der Waals surface area (Å²) >= 11 is 0. The number of carbonyl (C=O) groups excluding carboxylic acids is 3. The third kappa shape index (κ3) is 2.73. The second-order valence-corrected chi connectivity index (χ2v) is 12.5. The highest BCUT2D eigenvalue weighted by Crippen LogP contribution is 2.74. The second-order valence-electron chi connectivity index (χ2n) is 12.5. The number of epoxide rings is 1. The fraction of sp³-hybridized carbons (Fsp3) is 0.679. The Labute approximate surface area is 205 Å². The average molecular weight is 483 g/mol. The summed E-state index contributed by atoms with van der Waals surface area (Å²) in [5.41, 5.74) is -0.171. The summed E-state index contributed by atoms with van der Waals surface area (Å²) in [5.74, 6) is -0.526. The maximum atomic E-state index is 13.2. The predicted octanol–water partition coefficient (Wildman–Crippen LogP) is 4.56. The summed E-state index contributed by atoms with van der Waals surface area (Å²) in [4.78, 5) is 38.6. The van der Waals surface area contributed by atoms with E-state index in [0.29, 0.717) is 6.42 Å². The van der Waals surface area contributed by atoms with Crippen molar-refractivity contribution >= 4 is 17.7 Å². The molecule has 0 spiro atoms. The van der Waals surface area contributed by atoms with Crippen molar-refractivity contribution in [2.45, 2.75) is 85.2 Å². The van der Waals surface area contributed by atoms with Crippen LogP contribution in [0.4, 0.5) is 0 Å². The van der Waals surface area contributed by atoms with Gasteiger partial charge in [-0.3, -0.25) is 9.59 Å². The van der Waals surface area contributed by atoms with Crippen molar-refractivity contribution in [1.29, 1.82) is 0 Å². The van der Waals surface area contributed by atoms with Gasteiger partial charge in [-0.25, -0.2) is 4.79 Å². The molecular weight excluding hydrogens is 448 g/mol. The molecule has 3 heterocycles. The molecule has 3 saturated carbocycles. The molecule has 7 nitrogen and oxygen atoms in total. The molecule has 188 valence electrons. The van der Waals surface area contributed by atoms with E-state index in [9.17, 15) is 14.4 Å². The van der Waals surface area contributed by atoms with Crippen molar-refractivity contribution in [3.63, 3.8) is 0 Å². The molecule has 0 aromatic carbocycles. The van der Waals surface area contributed by atoms with Gasteiger partial charge in [-0.05, 0) is 42.7 Å². The number of furan rings is 1. The Morgan fingerprint density at radius 2 is 1.86 bits per heavy atom. The number of carbonyl (C=O) groups is 3. The van der Waals surface area contributed by atoms with Gasteiger partial charge in [0.1, 0.15) is 18.3 Å². The Morgan fingerprint density at radius 3 is 2.51 bits per heavy atom. The number of hydrogen-bond donors (Lipinski definition) is 0. The number of Topliss-reactive ketones (excluding diaryl/α,β-unsaturated/α-hetero) is 1. The highest BCUT2D eigenvalue weighted by Gasteiger charge is 2.77.